The van der Waals surface area contributed by atoms with Crippen molar-refractivity contribution in [3.05, 3.63) is 35.5 Å². The number of hydrogen-bond acceptors (Lipinski definition) is 4. The van der Waals surface area contributed by atoms with Crippen molar-refractivity contribution >= 4 is 16.9 Å². The molecule has 0 unspecified atom stereocenters. The molecular weight excluding hydrogens is 410 g/mol. The van der Waals surface area contributed by atoms with E-state index in [0.717, 1.165) is 37.8 Å². The molecule has 33 heavy (non-hydrogen) atoms. The number of carbonyl (C=O) groups excluding carboxylic acids is 1. The van der Waals surface area contributed by atoms with Gasteiger partial charge >= 0.3 is 5.97 Å². The first kappa shape index (κ1) is 24.3. The van der Waals surface area contributed by atoms with Crippen molar-refractivity contribution in [2.75, 3.05) is 13.1 Å². The number of nitrogens with one attached hydrogen (secondary N) is 1. The van der Waals surface area contributed by atoms with E-state index in [4.69, 9.17) is 10.5 Å². The van der Waals surface area contributed by atoms with E-state index in [1.54, 1.807) is 0 Å². The smallest absolute Gasteiger partial charge is 0.323 e. The van der Waals surface area contributed by atoms with Crippen molar-refractivity contribution in [3.8, 4) is 0 Å². The average Bonchev–Trinajstić information content (AvgIpc) is 3.16. The van der Waals surface area contributed by atoms with Crippen molar-refractivity contribution in [3.63, 3.8) is 0 Å². The van der Waals surface area contributed by atoms with Gasteiger partial charge in [0.25, 0.3) is 0 Å². The molecule has 1 aromatic carbocycles. The van der Waals surface area contributed by atoms with Crippen LogP contribution in [0.2, 0.25) is 0 Å². The van der Waals surface area contributed by atoms with Crippen LogP contribution in [0.15, 0.2) is 24.3 Å². The summed E-state index contributed by atoms with van der Waals surface area (Å²) in [6.07, 6.45) is 7.18. The lowest BCUT2D eigenvalue weighted by atomic mass is 9.79. The molecule has 182 valence electrons. The van der Waals surface area contributed by atoms with Crippen LogP contribution < -0.4 is 11.1 Å². The largest absolute Gasteiger partial charge is 0.458 e. The Kier molecular flexibility index (Phi) is 7.80. The van der Waals surface area contributed by atoms with Gasteiger partial charge in [-0.25, -0.2) is 0 Å². The Hall–Kier alpha value is -1.85. The fourth-order valence-electron chi connectivity index (χ4n) is 6.01. The van der Waals surface area contributed by atoms with Gasteiger partial charge in [0.1, 0.15) is 12.6 Å². The van der Waals surface area contributed by atoms with Crippen LogP contribution in [0.5, 0.6) is 0 Å². The van der Waals surface area contributed by atoms with E-state index in [1.807, 2.05) is 13.8 Å². The molecule has 1 aromatic heterocycles. The number of benzene rings is 1. The SMILES string of the molecule is CC(C)C1CCC(n2c(COC(=O)[C@@H](N)C(C)C)c(C3CCNCC3)c3ccccc32)CC1. The van der Waals surface area contributed by atoms with Gasteiger partial charge < -0.3 is 20.4 Å². The number of ether oxygens (including phenoxy) is 1. The number of carbonyl (C=O) groups is 1. The highest BCUT2D eigenvalue weighted by atomic mass is 16.5. The molecule has 4 rings (SSSR count). The van der Waals surface area contributed by atoms with Gasteiger partial charge in [0.2, 0.25) is 0 Å². The zero-order chi connectivity index (χ0) is 23.5. The topological polar surface area (TPSA) is 69.3 Å². The summed E-state index contributed by atoms with van der Waals surface area (Å²) in [5.74, 6) is 1.84. The van der Waals surface area contributed by atoms with E-state index in [0.29, 0.717) is 18.6 Å². The number of fused-ring (bicyclic) bond motifs is 1. The molecule has 2 heterocycles. The first-order valence-corrected chi connectivity index (χ1v) is 13.1. The molecule has 3 N–H and O–H groups in total. The molecule has 1 saturated heterocycles. The van der Waals surface area contributed by atoms with Crippen LogP contribution in [0.1, 0.15) is 89.4 Å². The number of piperidine rings is 1. The van der Waals surface area contributed by atoms with Crippen LogP contribution in [-0.4, -0.2) is 29.7 Å². The Morgan fingerprint density at radius 3 is 2.36 bits per heavy atom. The van der Waals surface area contributed by atoms with Crippen molar-refractivity contribution in [1.29, 1.82) is 0 Å². The molecule has 2 fully saturated rings. The fraction of sp³-hybridized carbons (Fsp3) is 0.679. The third-order valence-corrected chi connectivity index (χ3v) is 8.19. The fourth-order valence-corrected chi connectivity index (χ4v) is 6.01. The molecule has 1 atom stereocenters. The van der Waals surface area contributed by atoms with Gasteiger partial charge in [-0.1, -0.05) is 45.9 Å². The summed E-state index contributed by atoms with van der Waals surface area (Å²) in [6.45, 7) is 11.1. The van der Waals surface area contributed by atoms with Gasteiger partial charge in [-0.15, -0.1) is 0 Å². The minimum absolute atomic E-state index is 0.0681. The molecule has 1 aliphatic heterocycles. The Bertz CT molecular complexity index is 934. The molecule has 0 radical (unpaired) electrons. The van der Waals surface area contributed by atoms with Crippen LogP contribution in [0.25, 0.3) is 10.9 Å². The standard InChI is InChI=1S/C28H43N3O2/c1-18(2)20-9-11-22(12-10-20)31-24-8-6-5-7-23(24)26(21-13-15-30-16-14-21)25(31)17-33-28(32)27(29)19(3)4/h5-8,18-22,27,30H,9-17,29H2,1-4H3/t20?,22?,27-/m0/s1. The van der Waals surface area contributed by atoms with Gasteiger partial charge in [-0.05, 0) is 86.9 Å². The summed E-state index contributed by atoms with van der Waals surface area (Å²) in [5, 5.41) is 4.85. The Morgan fingerprint density at radius 2 is 1.73 bits per heavy atom. The molecule has 0 bridgehead atoms. The second-order valence-corrected chi connectivity index (χ2v) is 11.0. The number of hydrogen-bond donors (Lipinski definition) is 2. The second-order valence-electron chi connectivity index (χ2n) is 11.0. The summed E-state index contributed by atoms with van der Waals surface area (Å²) >= 11 is 0. The lowest BCUT2D eigenvalue weighted by Crippen LogP contribution is -2.37. The highest BCUT2D eigenvalue weighted by molar-refractivity contribution is 5.86. The van der Waals surface area contributed by atoms with Gasteiger partial charge in [-0.2, -0.15) is 0 Å². The normalized spacial score (nSPS) is 23.4. The van der Waals surface area contributed by atoms with Gasteiger partial charge in [0.05, 0.1) is 5.69 Å². The molecule has 2 aromatic rings. The first-order chi connectivity index (χ1) is 15.9. The van der Waals surface area contributed by atoms with Crippen LogP contribution in [0.4, 0.5) is 0 Å². The maximum atomic E-state index is 12.7. The predicted octanol–water partition coefficient (Wildman–Crippen LogP) is 5.52. The molecule has 1 saturated carbocycles. The summed E-state index contributed by atoms with van der Waals surface area (Å²) in [7, 11) is 0. The number of para-hydroxylation sites is 1. The number of rotatable bonds is 7. The Balaban J connectivity index is 1.73. The van der Waals surface area contributed by atoms with Gasteiger partial charge in [0, 0.05) is 16.9 Å². The van der Waals surface area contributed by atoms with E-state index >= 15 is 0 Å². The summed E-state index contributed by atoms with van der Waals surface area (Å²) in [4.78, 5) is 12.7. The van der Waals surface area contributed by atoms with E-state index in [-0.39, 0.29) is 11.9 Å². The summed E-state index contributed by atoms with van der Waals surface area (Å²) in [5.41, 5.74) is 10.0. The lowest BCUT2D eigenvalue weighted by molar-refractivity contribution is -0.147. The van der Waals surface area contributed by atoms with Crippen molar-refractivity contribution in [1.82, 2.24) is 9.88 Å². The first-order valence-electron chi connectivity index (χ1n) is 13.1. The average molecular weight is 454 g/mol. The van der Waals surface area contributed by atoms with Crippen LogP contribution >= 0.6 is 0 Å². The zero-order valence-corrected chi connectivity index (χ0v) is 21.0. The number of nitrogens with two attached hydrogens (primary N) is 1. The third kappa shape index (κ3) is 5.14. The predicted molar refractivity (Wildman–Crippen MR) is 135 cm³/mol. The van der Waals surface area contributed by atoms with E-state index in [1.165, 1.54) is 47.8 Å². The van der Waals surface area contributed by atoms with Gasteiger partial charge in [-0.3, -0.25) is 4.79 Å². The van der Waals surface area contributed by atoms with Crippen LogP contribution in [0.3, 0.4) is 0 Å². The minimum Gasteiger partial charge on any atom is -0.458 e. The highest BCUT2D eigenvalue weighted by Crippen LogP contribution is 2.43. The summed E-state index contributed by atoms with van der Waals surface area (Å²) in [6, 6.07) is 8.72. The number of aromatic nitrogens is 1. The van der Waals surface area contributed by atoms with E-state index < -0.39 is 6.04 Å². The quantitative estimate of drug-likeness (QED) is 0.542. The van der Waals surface area contributed by atoms with E-state index in [9.17, 15) is 4.79 Å². The molecule has 1 aliphatic carbocycles. The summed E-state index contributed by atoms with van der Waals surface area (Å²) < 4.78 is 8.46. The van der Waals surface area contributed by atoms with E-state index in [2.05, 4.69) is 48.0 Å². The lowest BCUT2D eigenvalue weighted by Gasteiger charge is -2.33. The third-order valence-electron chi connectivity index (χ3n) is 8.19. The monoisotopic (exact) mass is 453 g/mol. The second kappa shape index (κ2) is 10.6. The highest BCUT2D eigenvalue weighted by Gasteiger charge is 2.32. The van der Waals surface area contributed by atoms with Gasteiger partial charge in [0.15, 0.2) is 0 Å². The molecule has 5 heteroatoms. The number of nitrogens with zero attached hydrogens (tertiary/aromatic N) is 1. The maximum absolute atomic E-state index is 12.7. The molecule has 0 spiro atoms. The number of esters is 1. The van der Waals surface area contributed by atoms with Crippen molar-refractivity contribution < 1.29 is 9.53 Å². The Morgan fingerprint density at radius 1 is 1.06 bits per heavy atom. The van der Waals surface area contributed by atoms with Crippen molar-refractivity contribution in [2.45, 2.75) is 90.8 Å². The van der Waals surface area contributed by atoms with Crippen LogP contribution in [0, 0.1) is 17.8 Å². The molecule has 5 nitrogen and oxygen atoms in total. The maximum Gasteiger partial charge on any atom is 0.323 e. The van der Waals surface area contributed by atoms with Crippen molar-refractivity contribution in [2.24, 2.45) is 23.5 Å². The van der Waals surface area contributed by atoms with Crippen LogP contribution in [-0.2, 0) is 16.1 Å². The zero-order valence-electron chi connectivity index (χ0n) is 21.0. The molecule has 0 amide bonds. The molecular formula is C28H43N3O2. The molecule has 2 aliphatic rings. The Labute approximate surface area is 199 Å². The minimum atomic E-state index is -0.577.